The Hall–Kier alpha value is -0.810. The highest BCUT2D eigenvalue weighted by atomic mass is 32.2. The van der Waals surface area contributed by atoms with E-state index >= 15 is 0 Å². The second-order valence-corrected chi connectivity index (χ2v) is 6.62. The maximum absolute atomic E-state index is 12.6. The highest BCUT2D eigenvalue weighted by Crippen LogP contribution is 2.36. The summed E-state index contributed by atoms with van der Waals surface area (Å²) in [5.41, 5.74) is 0.907. The molecule has 1 unspecified atom stereocenters. The SMILES string of the molecule is CC1CNC(C)(C)CN1c1ccccc1SC(F)F. The lowest BCUT2D eigenvalue weighted by atomic mass is 9.98. The number of hydrogen-bond acceptors (Lipinski definition) is 3. The highest BCUT2D eigenvalue weighted by Gasteiger charge is 2.31. The lowest BCUT2D eigenvalue weighted by Crippen LogP contribution is -2.61. The van der Waals surface area contributed by atoms with Gasteiger partial charge < -0.3 is 10.2 Å². The molecule has 1 aliphatic rings. The lowest BCUT2D eigenvalue weighted by molar-refractivity contribution is 0.252. The van der Waals surface area contributed by atoms with Gasteiger partial charge in [-0.1, -0.05) is 23.9 Å². The molecule has 0 saturated carbocycles. The fraction of sp³-hybridized carbons (Fsp3) is 0.571. The summed E-state index contributed by atoms with van der Waals surface area (Å²) in [6, 6.07) is 7.72. The smallest absolute Gasteiger partial charge is 0.288 e. The van der Waals surface area contributed by atoms with Gasteiger partial charge in [-0.3, -0.25) is 0 Å². The quantitative estimate of drug-likeness (QED) is 0.855. The molecule has 1 aromatic rings. The standard InChI is InChI=1S/C14H20F2N2S/c1-10-8-17-14(2,3)9-18(10)11-6-4-5-7-12(11)19-13(15)16/h4-7,10,13,17H,8-9H2,1-3H3. The minimum atomic E-state index is -2.38. The number of hydrogen-bond donors (Lipinski definition) is 1. The van der Waals surface area contributed by atoms with E-state index in [0.29, 0.717) is 22.7 Å². The predicted molar refractivity (Wildman–Crippen MR) is 77.2 cm³/mol. The van der Waals surface area contributed by atoms with Gasteiger partial charge >= 0.3 is 0 Å². The third kappa shape index (κ3) is 3.60. The Morgan fingerprint density at radius 3 is 2.74 bits per heavy atom. The van der Waals surface area contributed by atoms with Gasteiger partial charge in [0.05, 0.1) is 5.69 Å². The minimum absolute atomic E-state index is 0.00484. The second kappa shape index (κ2) is 5.67. The third-order valence-electron chi connectivity index (χ3n) is 3.36. The first-order valence-corrected chi connectivity index (χ1v) is 7.32. The van der Waals surface area contributed by atoms with Crippen LogP contribution in [0.1, 0.15) is 20.8 Å². The van der Waals surface area contributed by atoms with Crippen molar-refractivity contribution < 1.29 is 8.78 Å². The van der Waals surface area contributed by atoms with Gasteiger partial charge in [-0.2, -0.15) is 8.78 Å². The van der Waals surface area contributed by atoms with Crippen molar-refractivity contribution in [3.63, 3.8) is 0 Å². The summed E-state index contributed by atoms with van der Waals surface area (Å²) in [4.78, 5) is 2.88. The van der Waals surface area contributed by atoms with E-state index in [1.165, 1.54) is 0 Å². The number of nitrogens with zero attached hydrogens (tertiary/aromatic N) is 1. The zero-order valence-electron chi connectivity index (χ0n) is 11.5. The molecule has 0 radical (unpaired) electrons. The van der Waals surface area contributed by atoms with Crippen LogP contribution >= 0.6 is 11.8 Å². The number of nitrogens with one attached hydrogen (secondary N) is 1. The fourth-order valence-electron chi connectivity index (χ4n) is 2.38. The average molecular weight is 286 g/mol. The number of halogens is 2. The normalized spacial score (nSPS) is 22.8. The average Bonchev–Trinajstić information content (AvgIpc) is 2.32. The zero-order chi connectivity index (χ0) is 14.0. The number of thioether (sulfide) groups is 1. The molecule has 2 rings (SSSR count). The molecule has 0 aromatic heterocycles. The fourth-order valence-corrected chi connectivity index (χ4v) is 3.04. The van der Waals surface area contributed by atoms with Crippen LogP contribution in [-0.2, 0) is 0 Å². The molecule has 1 aliphatic heterocycles. The van der Waals surface area contributed by atoms with Gasteiger partial charge in [-0.15, -0.1) is 0 Å². The monoisotopic (exact) mass is 286 g/mol. The van der Waals surface area contributed by atoms with E-state index in [-0.39, 0.29) is 5.54 Å². The van der Waals surface area contributed by atoms with Gasteiger partial charge in [0.25, 0.3) is 5.76 Å². The Labute approximate surface area is 117 Å². The van der Waals surface area contributed by atoms with Crippen LogP contribution in [0, 0.1) is 0 Å². The van der Waals surface area contributed by atoms with E-state index in [0.717, 1.165) is 18.8 Å². The zero-order valence-corrected chi connectivity index (χ0v) is 12.3. The van der Waals surface area contributed by atoms with Crippen LogP contribution in [-0.4, -0.2) is 30.4 Å². The molecule has 0 bridgehead atoms. The first-order chi connectivity index (χ1) is 8.89. The topological polar surface area (TPSA) is 15.3 Å². The van der Waals surface area contributed by atoms with Gasteiger partial charge in [-0.25, -0.2) is 0 Å². The maximum atomic E-state index is 12.6. The molecule has 1 heterocycles. The lowest BCUT2D eigenvalue weighted by Gasteiger charge is -2.45. The Bertz CT molecular complexity index is 437. The van der Waals surface area contributed by atoms with E-state index in [1.54, 1.807) is 6.07 Å². The first-order valence-electron chi connectivity index (χ1n) is 6.44. The van der Waals surface area contributed by atoms with Gasteiger partial charge in [0.15, 0.2) is 0 Å². The molecule has 106 valence electrons. The number of rotatable bonds is 3. The molecule has 1 atom stereocenters. The molecule has 2 nitrogen and oxygen atoms in total. The van der Waals surface area contributed by atoms with Crippen molar-refractivity contribution in [3.8, 4) is 0 Å². The van der Waals surface area contributed by atoms with Crippen LogP contribution in [0.15, 0.2) is 29.2 Å². The van der Waals surface area contributed by atoms with Crippen LogP contribution in [0.4, 0.5) is 14.5 Å². The van der Waals surface area contributed by atoms with Crippen LogP contribution in [0.2, 0.25) is 0 Å². The Balaban J connectivity index is 2.29. The first kappa shape index (κ1) is 14.6. The van der Waals surface area contributed by atoms with Gasteiger partial charge in [0.2, 0.25) is 0 Å². The predicted octanol–water partition coefficient (Wildman–Crippen LogP) is 3.58. The number of anilines is 1. The molecule has 0 amide bonds. The van der Waals surface area contributed by atoms with Crippen molar-refractivity contribution in [2.24, 2.45) is 0 Å². The summed E-state index contributed by atoms with van der Waals surface area (Å²) in [5.74, 6) is -2.38. The van der Waals surface area contributed by atoms with E-state index < -0.39 is 5.76 Å². The van der Waals surface area contributed by atoms with Crippen molar-refractivity contribution >= 4 is 17.4 Å². The second-order valence-electron chi connectivity index (χ2n) is 5.59. The van der Waals surface area contributed by atoms with Gasteiger partial charge in [0, 0.05) is 29.6 Å². The summed E-state index contributed by atoms with van der Waals surface area (Å²) in [6.07, 6.45) is 0. The van der Waals surface area contributed by atoms with E-state index in [2.05, 4.69) is 31.0 Å². The van der Waals surface area contributed by atoms with E-state index in [9.17, 15) is 8.78 Å². The molecule has 5 heteroatoms. The minimum Gasteiger partial charge on any atom is -0.365 e. The maximum Gasteiger partial charge on any atom is 0.288 e. The molecule has 1 N–H and O–H groups in total. The molecule has 19 heavy (non-hydrogen) atoms. The molecule has 1 fully saturated rings. The molecule has 1 saturated heterocycles. The van der Waals surface area contributed by atoms with Crippen LogP contribution in [0.5, 0.6) is 0 Å². The van der Waals surface area contributed by atoms with E-state index in [4.69, 9.17) is 0 Å². The summed E-state index contributed by atoms with van der Waals surface area (Å²) in [5, 5.41) is 3.47. The number of benzene rings is 1. The molecule has 0 aliphatic carbocycles. The Morgan fingerprint density at radius 1 is 1.37 bits per heavy atom. The Kier molecular flexibility index (Phi) is 4.36. The Morgan fingerprint density at radius 2 is 2.05 bits per heavy atom. The van der Waals surface area contributed by atoms with Crippen LogP contribution in [0.25, 0.3) is 0 Å². The largest absolute Gasteiger partial charge is 0.365 e. The number of alkyl halides is 2. The number of piperazine rings is 1. The summed E-state index contributed by atoms with van der Waals surface area (Å²) < 4.78 is 25.3. The van der Waals surface area contributed by atoms with Crippen molar-refractivity contribution in [2.75, 3.05) is 18.0 Å². The van der Waals surface area contributed by atoms with Crippen molar-refractivity contribution in [2.45, 2.75) is 43.0 Å². The molecule has 1 aromatic carbocycles. The van der Waals surface area contributed by atoms with Gasteiger partial charge in [-0.05, 0) is 32.9 Å². The van der Waals surface area contributed by atoms with Crippen molar-refractivity contribution in [1.29, 1.82) is 0 Å². The molecular weight excluding hydrogens is 266 g/mol. The number of para-hydroxylation sites is 1. The molecule has 0 spiro atoms. The van der Waals surface area contributed by atoms with Crippen LogP contribution < -0.4 is 10.2 Å². The molecular formula is C14H20F2N2S. The summed E-state index contributed by atoms with van der Waals surface area (Å²) in [7, 11) is 0. The summed E-state index contributed by atoms with van der Waals surface area (Å²) in [6.45, 7) is 8.06. The highest BCUT2D eigenvalue weighted by molar-refractivity contribution is 7.99. The van der Waals surface area contributed by atoms with E-state index in [1.807, 2.05) is 18.2 Å². The van der Waals surface area contributed by atoms with Gasteiger partial charge in [0.1, 0.15) is 0 Å². The van der Waals surface area contributed by atoms with Crippen LogP contribution in [0.3, 0.4) is 0 Å². The third-order valence-corrected chi connectivity index (χ3v) is 4.14. The summed E-state index contributed by atoms with van der Waals surface area (Å²) >= 11 is 0.625. The van der Waals surface area contributed by atoms with Crippen molar-refractivity contribution in [3.05, 3.63) is 24.3 Å². The van der Waals surface area contributed by atoms with Crippen molar-refractivity contribution in [1.82, 2.24) is 5.32 Å².